The summed E-state index contributed by atoms with van der Waals surface area (Å²) in [6, 6.07) is 20.0. The first-order valence-electron chi connectivity index (χ1n) is 8.80. The van der Waals surface area contributed by atoms with Gasteiger partial charge < -0.3 is 9.72 Å². The van der Waals surface area contributed by atoms with E-state index in [1.807, 2.05) is 66.7 Å². The van der Waals surface area contributed by atoms with Crippen molar-refractivity contribution in [1.29, 1.82) is 0 Å². The predicted molar refractivity (Wildman–Crippen MR) is 114 cm³/mol. The molecule has 5 rings (SSSR count). The van der Waals surface area contributed by atoms with Gasteiger partial charge in [0.25, 0.3) is 0 Å². The minimum atomic E-state index is -0.0346. The van der Waals surface area contributed by atoms with Crippen LogP contribution in [0.1, 0.15) is 21.9 Å². The zero-order valence-corrected chi connectivity index (χ0v) is 15.5. The van der Waals surface area contributed by atoms with E-state index in [0.717, 1.165) is 44.2 Å². The first-order valence-corrected chi connectivity index (χ1v) is 9.74. The molecule has 3 nitrogen and oxygen atoms in total. The molecule has 0 fully saturated rings. The number of aromatic nitrogens is 1. The molecule has 0 bridgehead atoms. The zero-order valence-electron chi connectivity index (χ0n) is 14.7. The highest BCUT2D eigenvalue weighted by atomic mass is 32.2. The molecule has 132 valence electrons. The van der Waals surface area contributed by atoms with Gasteiger partial charge in [-0.15, -0.1) is 11.8 Å². The summed E-state index contributed by atoms with van der Waals surface area (Å²) < 4.78 is 5.27. The summed E-state index contributed by atoms with van der Waals surface area (Å²) in [7, 11) is 1.66. The lowest BCUT2D eigenvalue weighted by Gasteiger charge is -2.20. The van der Waals surface area contributed by atoms with E-state index in [4.69, 9.17) is 4.74 Å². The van der Waals surface area contributed by atoms with E-state index in [0.29, 0.717) is 0 Å². The smallest absolute Gasteiger partial charge is 0.193 e. The molecule has 4 aromatic rings. The number of benzene rings is 2. The topological polar surface area (TPSA) is 42.1 Å². The quantitative estimate of drug-likeness (QED) is 0.506. The van der Waals surface area contributed by atoms with E-state index in [1.54, 1.807) is 18.9 Å². The fourth-order valence-electron chi connectivity index (χ4n) is 3.76. The van der Waals surface area contributed by atoms with E-state index >= 15 is 0 Å². The van der Waals surface area contributed by atoms with Crippen LogP contribution in [0.3, 0.4) is 0 Å². The van der Waals surface area contributed by atoms with Crippen LogP contribution in [0.5, 0.6) is 5.75 Å². The molecule has 0 aliphatic carbocycles. The maximum absolute atomic E-state index is 13.7. The first-order chi connectivity index (χ1) is 13.3. The number of thioether (sulfide) groups is 1. The van der Waals surface area contributed by atoms with Gasteiger partial charge in [0.15, 0.2) is 5.43 Å². The predicted octanol–water partition coefficient (Wildman–Crippen LogP) is 5.50. The summed E-state index contributed by atoms with van der Waals surface area (Å²) >= 11 is 1.67. The Morgan fingerprint density at radius 3 is 2.59 bits per heavy atom. The van der Waals surface area contributed by atoms with Crippen LogP contribution in [0.4, 0.5) is 0 Å². The lowest BCUT2D eigenvalue weighted by Crippen LogP contribution is -2.13. The Labute approximate surface area is 160 Å². The van der Waals surface area contributed by atoms with E-state index in [1.165, 1.54) is 0 Å². The van der Waals surface area contributed by atoms with Gasteiger partial charge >= 0.3 is 0 Å². The minimum Gasteiger partial charge on any atom is -0.497 e. The van der Waals surface area contributed by atoms with Crippen LogP contribution in [-0.4, -0.2) is 12.1 Å². The number of aromatic amines is 1. The molecule has 0 radical (unpaired) electrons. The lowest BCUT2D eigenvalue weighted by atomic mass is 9.99. The first kappa shape index (κ1) is 16.2. The van der Waals surface area contributed by atoms with Gasteiger partial charge in [-0.1, -0.05) is 36.4 Å². The summed E-state index contributed by atoms with van der Waals surface area (Å²) in [4.78, 5) is 17.0. The zero-order chi connectivity index (χ0) is 18.4. The summed E-state index contributed by atoms with van der Waals surface area (Å²) in [5, 5.41) is 3.78. The van der Waals surface area contributed by atoms with Gasteiger partial charge in [0.05, 0.1) is 23.3 Å². The second-order valence-electron chi connectivity index (χ2n) is 6.58. The molecule has 0 saturated heterocycles. The summed E-state index contributed by atoms with van der Waals surface area (Å²) in [5.41, 5.74) is 4.88. The number of hydrogen-bond acceptors (Lipinski definition) is 3. The Balaban J connectivity index is 1.81. The molecule has 1 atom stereocenters. The molecule has 0 saturated carbocycles. The van der Waals surface area contributed by atoms with Gasteiger partial charge in [-0.25, -0.2) is 0 Å². The highest BCUT2D eigenvalue weighted by Gasteiger charge is 2.24. The van der Waals surface area contributed by atoms with Crippen molar-refractivity contribution in [3.63, 3.8) is 0 Å². The van der Waals surface area contributed by atoms with Crippen LogP contribution >= 0.6 is 11.8 Å². The molecule has 27 heavy (non-hydrogen) atoms. The number of hydrogen-bond donors (Lipinski definition) is 1. The van der Waals surface area contributed by atoms with Gasteiger partial charge in [-0.3, -0.25) is 4.79 Å². The van der Waals surface area contributed by atoms with Crippen LogP contribution in [0.15, 0.2) is 70.9 Å². The Hall–Kier alpha value is -2.98. The van der Waals surface area contributed by atoms with Gasteiger partial charge in [0.1, 0.15) is 5.75 Å². The third-order valence-corrected chi connectivity index (χ3v) is 6.16. The van der Waals surface area contributed by atoms with Crippen molar-refractivity contribution in [1.82, 2.24) is 4.98 Å². The van der Waals surface area contributed by atoms with Crippen molar-refractivity contribution in [2.75, 3.05) is 7.11 Å². The number of H-pyrrole nitrogens is 1. The van der Waals surface area contributed by atoms with Crippen LogP contribution in [0, 0.1) is 0 Å². The van der Waals surface area contributed by atoms with Crippen LogP contribution in [-0.2, 0) is 0 Å². The summed E-state index contributed by atoms with van der Waals surface area (Å²) in [6.07, 6.45) is 2.03. The monoisotopic (exact) mass is 371 g/mol. The van der Waals surface area contributed by atoms with Crippen molar-refractivity contribution in [3.8, 4) is 5.75 Å². The van der Waals surface area contributed by atoms with Gasteiger partial charge in [0.2, 0.25) is 0 Å². The largest absolute Gasteiger partial charge is 0.497 e. The number of fused-ring (bicyclic) bond motifs is 4. The molecule has 1 aliphatic heterocycles. The lowest BCUT2D eigenvalue weighted by molar-refractivity contribution is 0.414. The average Bonchev–Trinajstić information content (AvgIpc) is 3.03. The SMILES string of the molecule is COc1ccc(C2SC=Cc3ccc4[nH]c5ccccc5c4c(=O)c32)cc1. The number of ether oxygens (including phenoxy) is 1. The third kappa shape index (κ3) is 2.56. The molecule has 0 amide bonds. The van der Waals surface area contributed by atoms with Crippen molar-refractivity contribution in [2.45, 2.75) is 5.25 Å². The van der Waals surface area contributed by atoms with E-state index in [-0.39, 0.29) is 10.7 Å². The summed E-state index contributed by atoms with van der Waals surface area (Å²) in [5.74, 6) is 0.815. The Bertz CT molecular complexity index is 1260. The average molecular weight is 371 g/mol. The normalized spacial score (nSPS) is 15.8. The van der Waals surface area contributed by atoms with Crippen molar-refractivity contribution in [3.05, 3.63) is 93.0 Å². The molecule has 2 heterocycles. The van der Waals surface area contributed by atoms with Crippen molar-refractivity contribution in [2.24, 2.45) is 0 Å². The Morgan fingerprint density at radius 2 is 1.78 bits per heavy atom. The Kier molecular flexibility index (Phi) is 3.80. The van der Waals surface area contributed by atoms with E-state index < -0.39 is 0 Å². The second kappa shape index (κ2) is 6.32. The van der Waals surface area contributed by atoms with E-state index in [9.17, 15) is 4.79 Å². The molecule has 4 heteroatoms. The van der Waals surface area contributed by atoms with Crippen LogP contribution in [0.25, 0.3) is 27.9 Å². The fourth-order valence-corrected chi connectivity index (χ4v) is 4.84. The number of nitrogens with one attached hydrogen (secondary N) is 1. The van der Waals surface area contributed by atoms with Crippen LogP contribution < -0.4 is 10.2 Å². The molecular formula is C23H17NO2S. The van der Waals surface area contributed by atoms with Gasteiger partial charge in [0, 0.05) is 16.5 Å². The number of para-hydroxylation sites is 1. The third-order valence-electron chi connectivity index (χ3n) is 5.09. The number of rotatable bonds is 2. The van der Waals surface area contributed by atoms with Crippen molar-refractivity contribution >= 4 is 39.6 Å². The Morgan fingerprint density at radius 1 is 0.963 bits per heavy atom. The van der Waals surface area contributed by atoms with E-state index in [2.05, 4.69) is 10.4 Å². The molecule has 1 aromatic heterocycles. The maximum atomic E-state index is 13.7. The highest BCUT2D eigenvalue weighted by molar-refractivity contribution is 8.02. The van der Waals surface area contributed by atoms with Crippen molar-refractivity contribution < 1.29 is 4.74 Å². The standard InChI is InChI=1S/C23H17NO2S/c1-26-16-9-6-15(7-10-16)23-20-14(12-13-27-23)8-11-19-21(22(20)25)17-4-2-3-5-18(17)24-19/h2-13,23-24H,1H3. The molecule has 1 unspecified atom stereocenters. The highest BCUT2D eigenvalue weighted by Crippen LogP contribution is 2.41. The second-order valence-corrected chi connectivity index (χ2v) is 7.60. The van der Waals surface area contributed by atoms with Gasteiger partial charge in [-0.05, 0) is 46.9 Å². The maximum Gasteiger partial charge on any atom is 0.193 e. The summed E-state index contributed by atoms with van der Waals surface area (Å²) in [6.45, 7) is 0. The molecule has 1 N–H and O–H groups in total. The molecular weight excluding hydrogens is 354 g/mol. The molecule has 3 aromatic carbocycles. The van der Waals surface area contributed by atoms with Gasteiger partial charge in [-0.2, -0.15) is 0 Å². The molecule has 1 aliphatic rings. The minimum absolute atomic E-state index is 0.0346. The number of methoxy groups -OCH3 is 1. The van der Waals surface area contributed by atoms with Crippen LogP contribution in [0.2, 0.25) is 0 Å². The molecule has 0 spiro atoms. The fraction of sp³-hybridized carbons (Fsp3) is 0.0870.